The first-order chi connectivity index (χ1) is 11.3. The fourth-order valence-corrected chi connectivity index (χ4v) is 2.26. The van der Waals surface area contributed by atoms with Gasteiger partial charge in [-0.15, -0.1) is 0 Å². The SMILES string of the molecule is CCOc1cccc(Cn2ncnc2-c2cccc(C#N)c2)n1. The van der Waals surface area contributed by atoms with Crippen molar-refractivity contribution in [3.8, 4) is 23.3 Å². The zero-order valence-corrected chi connectivity index (χ0v) is 12.7. The second-order valence-corrected chi connectivity index (χ2v) is 4.83. The maximum absolute atomic E-state index is 9.03. The van der Waals surface area contributed by atoms with Crippen LogP contribution in [0.2, 0.25) is 0 Å². The highest BCUT2D eigenvalue weighted by Gasteiger charge is 2.09. The molecule has 6 nitrogen and oxygen atoms in total. The predicted molar refractivity (Wildman–Crippen MR) is 84.7 cm³/mol. The van der Waals surface area contributed by atoms with E-state index >= 15 is 0 Å². The molecule has 0 aliphatic heterocycles. The van der Waals surface area contributed by atoms with Gasteiger partial charge in [0.05, 0.1) is 30.5 Å². The van der Waals surface area contributed by atoms with Crippen molar-refractivity contribution in [1.82, 2.24) is 19.7 Å². The molecule has 3 rings (SSSR count). The van der Waals surface area contributed by atoms with Gasteiger partial charge in [-0.3, -0.25) is 0 Å². The van der Waals surface area contributed by atoms with Gasteiger partial charge in [-0.2, -0.15) is 10.4 Å². The molecule has 6 heteroatoms. The standard InChI is InChI=1S/C17H15N5O/c1-2-23-16-8-4-7-15(21-16)11-22-17(19-12-20-22)14-6-3-5-13(9-14)10-18/h3-9,12H,2,11H2,1H3. The molecule has 0 amide bonds. The van der Waals surface area contributed by atoms with E-state index in [2.05, 4.69) is 21.1 Å². The minimum Gasteiger partial charge on any atom is -0.478 e. The van der Waals surface area contributed by atoms with Crippen molar-refractivity contribution in [3.05, 3.63) is 60.0 Å². The second-order valence-electron chi connectivity index (χ2n) is 4.83. The number of pyridine rings is 1. The zero-order chi connectivity index (χ0) is 16.1. The molecule has 114 valence electrons. The fraction of sp³-hybridized carbons (Fsp3) is 0.176. The van der Waals surface area contributed by atoms with Crippen molar-refractivity contribution in [2.75, 3.05) is 6.61 Å². The molecule has 0 N–H and O–H groups in total. The number of hydrogen-bond acceptors (Lipinski definition) is 5. The van der Waals surface area contributed by atoms with E-state index in [-0.39, 0.29) is 0 Å². The van der Waals surface area contributed by atoms with Crippen LogP contribution in [0.15, 0.2) is 48.8 Å². The average Bonchev–Trinajstić information content (AvgIpc) is 3.04. The molecular weight excluding hydrogens is 290 g/mol. The lowest BCUT2D eigenvalue weighted by molar-refractivity contribution is 0.325. The number of ether oxygens (including phenoxy) is 1. The molecule has 0 spiro atoms. The van der Waals surface area contributed by atoms with Gasteiger partial charge < -0.3 is 4.74 Å². The van der Waals surface area contributed by atoms with Crippen molar-refractivity contribution < 1.29 is 4.74 Å². The molecule has 0 unspecified atom stereocenters. The number of hydrogen-bond donors (Lipinski definition) is 0. The minimum atomic E-state index is 0.479. The molecular formula is C17H15N5O. The van der Waals surface area contributed by atoms with Gasteiger partial charge in [0.15, 0.2) is 5.82 Å². The molecule has 0 aliphatic rings. The summed E-state index contributed by atoms with van der Waals surface area (Å²) in [6.07, 6.45) is 1.50. The molecule has 2 heterocycles. The van der Waals surface area contributed by atoms with Crippen molar-refractivity contribution in [2.24, 2.45) is 0 Å². The van der Waals surface area contributed by atoms with Gasteiger partial charge in [0.1, 0.15) is 6.33 Å². The molecule has 0 atom stereocenters. The van der Waals surface area contributed by atoms with Gasteiger partial charge in [-0.25, -0.2) is 14.6 Å². The first-order valence-corrected chi connectivity index (χ1v) is 7.27. The van der Waals surface area contributed by atoms with Crippen molar-refractivity contribution >= 4 is 0 Å². The molecule has 1 aromatic carbocycles. The quantitative estimate of drug-likeness (QED) is 0.724. The Labute approximate surface area is 134 Å². The monoisotopic (exact) mass is 305 g/mol. The highest BCUT2D eigenvalue weighted by atomic mass is 16.5. The first-order valence-electron chi connectivity index (χ1n) is 7.27. The summed E-state index contributed by atoms with van der Waals surface area (Å²) in [7, 11) is 0. The van der Waals surface area contributed by atoms with Crippen LogP contribution in [0.3, 0.4) is 0 Å². The van der Waals surface area contributed by atoms with E-state index in [1.807, 2.05) is 37.3 Å². The lowest BCUT2D eigenvalue weighted by atomic mass is 10.1. The van der Waals surface area contributed by atoms with E-state index in [0.29, 0.717) is 30.4 Å². The topological polar surface area (TPSA) is 76.6 Å². The molecule has 2 aromatic heterocycles. The highest BCUT2D eigenvalue weighted by Crippen LogP contribution is 2.19. The Morgan fingerprint density at radius 2 is 2.09 bits per heavy atom. The summed E-state index contributed by atoms with van der Waals surface area (Å²) in [6, 6.07) is 15.1. The van der Waals surface area contributed by atoms with Gasteiger partial charge in [0.2, 0.25) is 5.88 Å². The van der Waals surface area contributed by atoms with Gasteiger partial charge in [0, 0.05) is 11.6 Å². The summed E-state index contributed by atoms with van der Waals surface area (Å²) in [6.45, 7) is 2.98. The van der Waals surface area contributed by atoms with Crippen molar-refractivity contribution in [3.63, 3.8) is 0 Å². The normalized spacial score (nSPS) is 10.3. The fourth-order valence-electron chi connectivity index (χ4n) is 2.26. The van der Waals surface area contributed by atoms with Crippen LogP contribution in [-0.4, -0.2) is 26.4 Å². The van der Waals surface area contributed by atoms with Crippen LogP contribution in [0.4, 0.5) is 0 Å². The number of aromatic nitrogens is 4. The van der Waals surface area contributed by atoms with Gasteiger partial charge in [0.25, 0.3) is 0 Å². The Morgan fingerprint density at radius 3 is 2.91 bits per heavy atom. The number of nitriles is 1. The van der Waals surface area contributed by atoms with Crippen LogP contribution in [0.25, 0.3) is 11.4 Å². The van der Waals surface area contributed by atoms with E-state index in [0.717, 1.165) is 11.3 Å². The lowest BCUT2D eigenvalue weighted by Gasteiger charge is -2.08. The summed E-state index contributed by atoms with van der Waals surface area (Å²) in [5, 5.41) is 13.3. The predicted octanol–water partition coefficient (Wildman–Crippen LogP) is 2.66. The second kappa shape index (κ2) is 6.71. The van der Waals surface area contributed by atoms with E-state index < -0.39 is 0 Å². The largest absolute Gasteiger partial charge is 0.478 e. The van der Waals surface area contributed by atoms with E-state index in [4.69, 9.17) is 10.00 Å². The Bertz CT molecular complexity index is 850. The lowest BCUT2D eigenvalue weighted by Crippen LogP contribution is -2.06. The Balaban J connectivity index is 1.89. The van der Waals surface area contributed by atoms with Crippen LogP contribution in [0.5, 0.6) is 5.88 Å². The van der Waals surface area contributed by atoms with E-state index in [1.165, 1.54) is 6.33 Å². The van der Waals surface area contributed by atoms with Gasteiger partial charge >= 0.3 is 0 Å². The summed E-state index contributed by atoms with van der Waals surface area (Å²) < 4.78 is 7.18. The van der Waals surface area contributed by atoms with Crippen LogP contribution in [0, 0.1) is 11.3 Å². The summed E-state index contributed by atoms with van der Waals surface area (Å²) >= 11 is 0. The molecule has 3 aromatic rings. The maximum atomic E-state index is 9.03. The Hall–Kier alpha value is -3.20. The minimum absolute atomic E-state index is 0.479. The number of benzene rings is 1. The van der Waals surface area contributed by atoms with E-state index in [1.54, 1.807) is 16.8 Å². The molecule has 0 saturated carbocycles. The average molecular weight is 305 g/mol. The smallest absolute Gasteiger partial charge is 0.213 e. The van der Waals surface area contributed by atoms with Crippen molar-refractivity contribution in [1.29, 1.82) is 5.26 Å². The maximum Gasteiger partial charge on any atom is 0.213 e. The van der Waals surface area contributed by atoms with Gasteiger partial charge in [-0.05, 0) is 25.1 Å². The molecule has 0 aliphatic carbocycles. The van der Waals surface area contributed by atoms with Gasteiger partial charge in [-0.1, -0.05) is 18.2 Å². The highest BCUT2D eigenvalue weighted by molar-refractivity contribution is 5.57. The number of rotatable bonds is 5. The molecule has 0 radical (unpaired) electrons. The van der Waals surface area contributed by atoms with Crippen LogP contribution in [-0.2, 0) is 6.54 Å². The molecule has 0 saturated heterocycles. The van der Waals surface area contributed by atoms with Crippen molar-refractivity contribution in [2.45, 2.75) is 13.5 Å². The Morgan fingerprint density at radius 1 is 1.22 bits per heavy atom. The third kappa shape index (κ3) is 3.35. The Kier molecular flexibility index (Phi) is 4.29. The first kappa shape index (κ1) is 14.7. The van der Waals surface area contributed by atoms with E-state index in [9.17, 15) is 0 Å². The third-order valence-corrected chi connectivity index (χ3v) is 3.25. The summed E-state index contributed by atoms with van der Waals surface area (Å²) in [4.78, 5) is 8.74. The molecule has 23 heavy (non-hydrogen) atoms. The molecule has 0 fully saturated rings. The van der Waals surface area contributed by atoms with Crippen LogP contribution < -0.4 is 4.74 Å². The van der Waals surface area contributed by atoms with Crippen LogP contribution >= 0.6 is 0 Å². The molecule has 0 bridgehead atoms. The summed E-state index contributed by atoms with van der Waals surface area (Å²) in [5.74, 6) is 1.30. The number of nitrogens with zero attached hydrogens (tertiary/aromatic N) is 5. The summed E-state index contributed by atoms with van der Waals surface area (Å²) in [5.41, 5.74) is 2.27. The zero-order valence-electron chi connectivity index (χ0n) is 12.7. The third-order valence-electron chi connectivity index (χ3n) is 3.25. The van der Waals surface area contributed by atoms with Crippen LogP contribution in [0.1, 0.15) is 18.2 Å².